The minimum Gasteiger partial charge on any atom is -0.326 e. The molecule has 1 aliphatic rings. The van der Waals surface area contributed by atoms with Crippen LogP contribution in [-0.2, 0) is 13.1 Å². The van der Waals surface area contributed by atoms with Gasteiger partial charge in [-0.15, -0.1) is 10.2 Å². The van der Waals surface area contributed by atoms with Gasteiger partial charge in [-0.2, -0.15) is 0 Å². The minimum absolute atomic E-state index is 0.0753. The normalized spacial score (nSPS) is 18.6. The van der Waals surface area contributed by atoms with Crippen LogP contribution in [0.3, 0.4) is 0 Å². The summed E-state index contributed by atoms with van der Waals surface area (Å²) < 4.78 is 2.12. The van der Waals surface area contributed by atoms with Crippen molar-refractivity contribution in [3.8, 4) is 0 Å². The van der Waals surface area contributed by atoms with Crippen LogP contribution in [0, 0.1) is 6.92 Å². The highest BCUT2D eigenvalue weighted by molar-refractivity contribution is 5.26. The summed E-state index contributed by atoms with van der Waals surface area (Å²) in [5.74, 6) is 1.02. The molecule has 2 heterocycles. The van der Waals surface area contributed by atoms with Gasteiger partial charge in [0, 0.05) is 19.1 Å². The zero-order chi connectivity index (χ0) is 14.1. The number of benzene rings is 1. The van der Waals surface area contributed by atoms with Crippen LogP contribution in [0.25, 0.3) is 0 Å². The standard InChI is InChI=1S/C15H21N5/c1-11-4-3-5-13(8-11)15(12(2)16)19-6-7-20-10-17-18-14(20)9-19/h3-5,8,10,12,15H,6-7,9,16H2,1-2H3. The highest BCUT2D eigenvalue weighted by Crippen LogP contribution is 2.27. The lowest BCUT2D eigenvalue weighted by Gasteiger charge is -2.37. The highest BCUT2D eigenvalue weighted by Gasteiger charge is 2.28. The van der Waals surface area contributed by atoms with Crippen molar-refractivity contribution in [3.63, 3.8) is 0 Å². The third kappa shape index (κ3) is 2.46. The Balaban J connectivity index is 1.89. The molecule has 0 bridgehead atoms. The average molecular weight is 271 g/mol. The molecular formula is C15H21N5. The molecule has 0 spiro atoms. The fourth-order valence-corrected chi connectivity index (χ4v) is 3.02. The van der Waals surface area contributed by atoms with Gasteiger partial charge in [0.1, 0.15) is 12.2 Å². The van der Waals surface area contributed by atoms with Crippen molar-refractivity contribution in [3.05, 3.63) is 47.5 Å². The van der Waals surface area contributed by atoms with Crippen molar-refractivity contribution < 1.29 is 0 Å². The van der Waals surface area contributed by atoms with Gasteiger partial charge in [-0.25, -0.2) is 0 Å². The molecule has 0 saturated heterocycles. The number of fused-ring (bicyclic) bond motifs is 1. The summed E-state index contributed by atoms with van der Waals surface area (Å²) in [5.41, 5.74) is 8.82. The highest BCUT2D eigenvalue weighted by atomic mass is 15.3. The molecule has 2 N–H and O–H groups in total. The van der Waals surface area contributed by atoms with E-state index < -0.39 is 0 Å². The predicted octanol–water partition coefficient (Wildman–Crippen LogP) is 1.49. The van der Waals surface area contributed by atoms with E-state index in [-0.39, 0.29) is 12.1 Å². The Labute approximate surface area is 119 Å². The fraction of sp³-hybridized carbons (Fsp3) is 0.467. The summed E-state index contributed by atoms with van der Waals surface area (Å²) in [4.78, 5) is 2.41. The first-order valence-corrected chi connectivity index (χ1v) is 7.08. The number of hydrogen-bond acceptors (Lipinski definition) is 4. The van der Waals surface area contributed by atoms with E-state index in [0.29, 0.717) is 0 Å². The second-order valence-electron chi connectivity index (χ2n) is 5.63. The van der Waals surface area contributed by atoms with Gasteiger partial charge in [-0.05, 0) is 19.4 Å². The van der Waals surface area contributed by atoms with E-state index in [1.54, 1.807) is 6.33 Å². The number of nitrogens with zero attached hydrogens (tertiary/aromatic N) is 4. The maximum absolute atomic E-state index is 6.26. The molecule has 1 aromatic carbocycles. The van der Waals surface area contributed by atoms with Crippen molar-refractivity contribution >= 4 is 0 Å². The third-order valence-electron chi connectivity index (χ3n) is 3.94. The van der Waals surface area contributed by atoms with Crippen LogP contribution >= 0.6 is 0 Å². The van der Waals surface area contributed by atoms with E-state index >= 15 is 0 Å². The Kier molecular flexibility index (Phi) is 3.54. The maximum atomic E-state index is 6.26. The molecule has 20 heavy (non-hydrogen) atoms. The Morgan fingerprint density at radius 1 is 1.30 bits per heavy atom. The maximum Gasteiger partial charge on any atom is 0.147 e. The summed E-state index contributed by atoms with van der Waals surface area (Å²) >= 11 is 0. The smallest absolute Gasteiger partial charge is 0.147 e. The van der Waals surface area contributed by atoms with Gasteiger partial charge >= 0.3 is 0 Å². The fourth-order valence-electron chi connectivity index (χ4n) is 3.02. The van der Waals surface area contributed by atoms with Crippen molar-refractivity contribution in [2.24, 2.45) is 5.73 Å². The van der Waals surface area contributed by atoms with Crippen LogP contribution in [0.1, 0.15) is 29.9 Å². The first kappa shape index (κ1) is 13.3. The zero-order valence-electron chi connectivity index (χ0n) is 12.0. The Morgan fingerprint density at radius 2 is 2.15 bits per heavy atom. The van der Waals surface area contributed by atoms with Crippen molar-refractivity contribution in [1.82, 2.24) is 19.7 Å². The molecular weight excluding hydrogens is 250 g/mol. The zero-order valence-corrected chi connectivity index (χ0v) is 12.0. The van der Waals surface area contributed by atoms with E-state index in [2.05, 4.69) is 57.8 Å². The quantitative estimate of drug-likeness (QED) is 0.919. The van der Waals surface area contributed by atoms with Crippen LogP contribution in [0.15, 0.2) is 30.6 Å². The molecule has 0 aliphatic carbocycles. The molecule has 0 saturated carbocycles. The van der Waals surface area contributed by atoms with Gasteiger partial charge in [0.15, 0.2) is 0 Å². The molecule has 106 valence electrons. The lowest BCUT2D eigenvalue weighted by molar-refractivity contribution is 0.136. The Hall–Kier alpha value is -1.72. The van der Waals surface area contributed by atoms with Gasteiger partial charge in [-0.3, -0.25) is 4.90 Å². The van der Waals surface area contributed by atoms with E-state index in [1.807, 2.05) is 0 Å². The van der Waals surface area contributed by atoms with E-state index in [0.717, 1.165) is 25.5 Å². The molecule has 3 rings (SSSR count). The topological polar surface area (TPSA) is 60.0 Å². The molecule has 1 aliphatic heterocycles. The second kappa shape index (κ2) is 5.34. The summed E-state index contributed by atoms with van der Waals surface area (Å²) in [6, 6.07) is 8.92. The van der Waals surface area contributed by atoms with Crippen LogP contribution in [0.2, 0.25) is 0 Å². The summed E-state index contributed by atoms with van der Waals surface area (Å²) in [6.07, 6.45) is 1.81. The molecule has 2 aromatic rings. The van der Waals surface area contributed by atoms with Crippen LogP contribution < -0.4 is 5.73 Å². The molecule has 0 fully saturated rings. The van der Waals surface area contributed by atoms with Gasteiger partial charge in [0.2, 0.25) is 0 Å². The minimum atomic E-state index is 0.0753. The number of hydrogen-bond donors (Lipinski definition) is 1. The number of rotatable bonds is 3. The number of aromatic nitrogens is 3. The van der Waals surface area contributed by atoms with Crippen molar-refractivity contribution in [2.75, 3.05) is 6.54 Å². The van der Waals surface area contributed by atoms with E-state index in [1.165, 1.54) is 11.1 Å². The van der Waals surface area contributed by atoms with Crippen molar-refractivity contribution in [2.45, 2.75) is 39.0 Å². The Morgan fingerprint density at radius 3 is 2.90 bits per heavy atom. The number of aryl methyl sites for hydroxylation is 1. The largest absolute Gasteiger partial charge is 0.326 e. The molecule has 0 amide bonds. The molecule has 0 radical (unpaired) electrons. The first-order chi connectivity index (χ1) is 9.65. The summed E-state index contributed by atoms with van der Waals surface area (Å²) in [7, 11) is 0. The van der Waals surface area contributed by atoms with Crippen LogP contribution in [0.5, 0.6) is 0 Å². The lowest BCUT2D eigenvalue weighted by Crippen LogP contribution is -2.43. The predicted molar refractivity (Wildman–Crippen MR) is 78.0 cm³/mol. The molecule has 1 aromatic heterocycles. The van der Waals surface area contributed by atoms with Crippen LogP contribution in [0.4, 0.5) is 0 Å². The van der Waals surface area contributed by atoms with Gasteiger partial charge < -0.3 is 10.3 Å². The van der Waals surface area contributed by atoms with Crippen molar-refractivity contribution in [1.29, 1.82) is 0 Å². The van der Waals surface area contributed by atoms with Gasteiger partial charge in [-0.1, -0.05) is 29.8 Å². The molecule has 2 unspecified atom stereocenters. The lowest BCUT2D eigenvalue weighted by atomic mass is 9.97. The molecule has 5 nitrogen and oxygen atoms in total. The van der Waals surface area contributed by atoms with E-state index in [4.69, 9.17) is 5.73 Å². The first-order valence-electron chi connectivity index (χ1n) is 7.08. The molecule has 5 heteroatoms. The van der Waals surface area contributed by atoms with E-state index in [9.17, 15) is 0 Å². The SMILES string of the molecule is Cc1cccc(C(C(C)N)N2CCn3cnnc3C2)c1. The van der Waals surface area contributed by atoms with Gasteiger partial charge in [0.05, 0.1) is 12.6 Å². The molecule has 2 atom stereocenters. The second-order valence-corrected chi connectivity index (χ2v) is 5.63. The number of nitrogens with two attached hydrogens (primary N) is 1. The summed E-state index contributed by atoms with van der Waals surface area (Å²) in [6.45, 7) is 6.91. The average Bonchev–Trinajstić information content (AvgIpc) is 2.86. The Bertz CT molecular complexity index is 589. The van der Waals surface area contributed by atoms with Crippen LogP contribution in [-0.4, -0.2) is 32.3 Å². The third-order valence-corrected chi connectivity index (χ3v) is 3.94. The summed E-state index contributed by atoms with van der Waals surface area (Å²) in [5, 5.41) is 8.17. The monoisotopic (exact) mass is 271 g/mol. The van der Waals surface area contributed by atoms with Gasteiger partial charge in [0.25, 0.3) is 0 Å².